The van der Waals surface area contributed by atoms with Gasteiger partial charge in [0.2, 0.25) is 0 Å². The van der Waals surface area contributed by atoms with Crippen molar-refractivity contribution in [2.24, 2.45) is 5.92 Å². The highest BCUT2D eigenvalue weighted by Gasteiger charge is 2.33. The maximum atomic E-state index is 11.8. The summed E-state index contributed by atoms with van der Waals surface area (Å²) < 4.78 is 28.5. The summed E-state index contributed by atoms with van der Waals surface area (Å²) in [5, 5.41) is 3.42. The van der Waals surface area contributed by atoms with Gasteiger partial charge in [0.15, 0.2) is 9.84 Å². The molecule has 5 heteroatoms. The van der Waals surface area contributed by atoms with Crippen molar-refractivity contribution in [3.8, 4) is 5.75 Å². The molecule has 0 aliphatic carbocycles. The fourth-order valence-corrected chi connectivity index (χ4v) is 2.64. The topological polar surface area (TPSA) is 55.4 Å². The molecule has 1 aromatic carbocycles. The molecule has 4 nitrogen and oxygen atoms in total. The molecule has 0 saturated heterocycles. The van der Waals surface area contributed by atoms with Crippen molar-refractivity contribution in [3.05, 3.63) is 29.8 Å². The molecule has 0 aromatic heterocycles. The molecule has 20 heavy (non-hydrogen) atoms. The number of hydrogen-bond donors (Lipinski definition) is 1. The van der Waals surface area contributed by atoms with E-state index in [9.17, 15) is 8.42 Å². The lowest BCUT2D eigenvalue weighted by Gasteiger charge is -2.34. The number of benzene rings is 1. The largest absolute Gasteiger partial charge is 0.493 e. The zero-order valence-electron chi connectivity index (χ0n) is 12.5. The molecule has 1 N–H and O–H groups in total. The van der Waals surface area contributed by atoms with Crippen LogP contribution in [0.1, 0.15) is 32.4 Å². The molecule has 0 saturated carbocycles. The first-order chi connectivity index (χ1) is 9.22. The van der Waals surface area contributed by atoms with E-state index < -0.39 is 14.6 Å². The molecule has 0 fully saturated rings. The van der Waals surface area contributed by atoms with Crippen LogP contribution in [0, 0.1) is 5.92 Å². The molecule has 0 spiro atoms. The molecule has 1 aliphatic heterocycles. The minimum atomic E-state index is -3.09. The van der Waals surface area contributed by atoms with E-state index in [2.05, 4.69) is 12.2 Å². The van der Waals surface area contributed by atoms with E-state index in [0.717, 1.165) is 11.3 Å². The normalized spacial score (nSPS) is 23.0. The van der Waals surface area contributed by atoms with E-state index in [1.165, 1.54) is 6.26 Å². The lowest BCUT2D eigenvalue weighted by Crippen LogP contribution is -2.45. The second-order valence-electron chi connectivity index (χ2n) is 6.22. The first-order valence-electron chi connectivity index (χ1n) is 6.87. The van der Waals surface area contributed by atoms with Gasteiger partial charge in [0.05, 0.1) is 11.4 Å². The average Bonchev–Trinajstić information content (AvgIpc) is 2.36. The van der Waals surface area contributed by atoms with Crippen LogP contribution < -0.4 is 10.1 Å². The Balaban J connectivity index is 2.18. The summed E-state index contributed by atoms with van der Waals surface area (Å²) in [6, 6.07) is 8.05. The summed E-state index contributed by atoms with van der Waals surface area (Å²) in [5.41, 5.74) is 1.11. The van der Waals surface area contributed by atoms with Crippen LogP contribution in [0.15, 0.2) is 24.3 Å². The average molecular weight is 297 g/mol. The molecule has 112 valence electrons. The van der Waals surface area contributed by atoms with E-state index in [4.69, 9.17) is 4.74 Å². The van der Waals surface area contributed by atoms with Crippen molar-refractivity contribution in [3.63, 3.8) is 0 Å². The Kier molecular flexibility index (Phi) is 4.12. The Morgan fingerprint density at radius 1 is 1.35 bits per heavy atom. The lowest BCUT2D eigenvalue weighted by atomic mass is 9.91. The van der Waals surface area contributed by atoms with Crippen LogP contribution in [0.2, 0.25) is 0 Å². The Morgan fingerprint density at radius 3 is 2.65 bits per heavy atom. The standard InChI is InChI=1S/C15H23NO3S/c1-11-9-19-13-8-6-5-7-12(13)14(11)16-10-15(2,3)20(4,17)18/h5-8,11,14,16H,9-10H2,1-4H3. The monoisotopic (exact) mass is 297 g/mol. The van der Waals surface area contributed by atoms with Crippen LogP contribution >= 0.6 is 0 Å². The summed E-state index contributed by atoms with van der Waals surface area (Å²) in [5.74, 6) is 1.19. The fraction of sp³-hybridized carbons (Fsp3) is 0.600. The quantitative estimate of drug-likeness (QED) is 0.925. The van der Waals surface area contributed by atoms with E-state index in [-0.39, 0.29) is 6.04 Å². The van der Waals surface area contributed by atoms with E-state index >= 15 is 0 Å². The maximum Gasteiger partial charge on any atom is 0.153 e. The van der Waals surface area contributed by atoms with Gasteiger partial charge >= 0.3 is 0 Å². The second kappa shape index (κ2) is 5.37. The Labute approximate surface area is 121 Å². The highest BCUT2D eigenvalue weighted by molar-refractivity contribution is 7.92. The highest BCUT2D eigenvalue weighted by atomic mass is 32.2. The van der Waals surface area contributed by atoms with Crippen LogP contribution in [0.25, 0.3) is 0 Å². The van der Waals surface area contributed by atoms with Gasteiger partial charge in [0.1, 0.15) is 5.75 Å². The van der Waals surface area contributed by atoms with Crippen LogP contribution in [-0.2, 0) is 9.84 Å². The van der Waals surface area contributed by atoms with Crippen LogP contribution in [-0.4, -0.2) is 32.6 Å². The molecule has 2 rings (SSSR count). The highest BCUT2D eigenvalue weighted by Crippen LogP contribution is 2.35. The number of nitrogens with one attached hydrogen (secondary N) is 1. The first kappa shape index (κ1) is 15.3. The van der Waals surface area contributed by atoms with Gasteiger partial charge in [-0.3, -0.25) is 0 Å². The summed E-state index contributed by atoms with van der Waals surface area (Å²) in [4.78, 5) is 0. The second-order valence-corrected chi connectivity index (χ2v) is 8.87. The molecule has 1 heterocycles. The minimum absolute atomic E-state index is 0.126. The van der Waals surface area contributed by atoms with Gasteiger partial charge in [-0.2, -0.15) is 0 Å². The van der Waals surface area contributed by atoms with Crippen molar-refractivity contribution in [2.45, 2.75) is 31.6 Å². The van der Waals surface area contributed by atoms with Gasteiger partial charge in [-0.1, -0.05) is 25.1 Å². The van der Waals surface area contributed by atoms with Gasteiger partial charge in [0.25, 0.3) is 0 Å². The van der Waals surface area contributed by atoms with Gasteiger partial charge in [0, 0.05) is 30.3 Å². The van der Waals surface area contributed by atoms with Crippen LogP contribution in [0.5, 0.6) is 5.75 Å². The predicted octanol–water partition coefficient (Wildman–Crippen LogP) is 2.17. The number of hydrogen-bond acceptors (Lipinski definition) is 4. The van der Waals surface area contributed by atoms with Crippen LogP contribution in [0.4, 0.5) is 0 Å². The number of sulfone groups is 1. The zero-order chi connectivity index (χ0) is 15.0. The third-order valence-electron chi connectivity index (χ3n) is 4.08. The van der Waals surface area contributed by atoms with E-state index in [0.29, 0.717) is 19.1 Å². The molecular formula is C15H23NO3S. The third-order valence-corrected chi connectivity index (χ3v) is 6.23. The number of rotatable bonds is 4. The molecule has 0 amide bonds. The number of para-hydroxylation sites is 1. The first-order valence-corrected chi connectivity index (χ1v) is 8.76. The van der Waals surface area contributed by atoms with Gasteiger partial charge in [-0.15, -0.1) is 0 Å². The molecule has 1 aliphatic rings. The van der Waals surface area contributed by atoms with E-state index in [1.807, 2.05) is 24.3 Å². The van der Waals surface area contributed by atoms with Gasteiger partial charge < -0.3 is 10.1 Å². The van der Waals surface area contributed by atoms with E-state index in [1.54, 1.807) is 13.8 Å². The Hall–Kier alpha value is -1.07. The zero-order valence-corrected chi connectivity index (χ0v) is 13.3. The molecule has 0 bridgehead atoms. The predicted molar refractivity (Wildman–Crippen MR) is 80.8 cm³/mol. The van der Waals surface area contributed by atoms with Crippen LogP contribution in [0.3, 0.4) is 0 Å². The van der Waals surface area contributed by atoms with Crippen molar-refractivity contribution < 1.29 is 13.2 Å². The van der Waals surface area contributed by atoms with Crippen molar-refractivity contribution in [1.82, 2.24) is 5.32 Å². The lowest BCUT2D eigenvalue weighted by molar-refractivity contribution is 0.187. The van der Waals surface area contributed by atoms with Crippen molar-refractivity contribution in [2.75, 3.05) is 19.4 Å². The minimum Gasteiger partial charge on any atom is -0.493 e. The fourth-order valence-electron chi connectivity index (χ4n) is 2.29. The summed E-state index contributed by atoms with van der Waals surface area (Å²) in [6.07, 6.45) is 1.29. The molecule has 1 aromatic rings. The maximum absolute atomic E-state index is 11.8. The molecule has 0 radical (unpaired) electrons. The summed E-state index contributed by atoms with van der Waals surface area (Å²) >= 11 is 0. The Morgan fingerprint density at radius 2 is 2.00 bits per heavy atom. The number of fused-ring (bicyclic) bond motifs is 1. The summed E-state index contributed by atoms with van der Waals surface area (Å²) in [7, 11) is -3.09. The third kappa shape index (κ3) is 2.99. The molecular weight excluding hydrogens is 274 g/mol. The van der Waals surface area contributed by atoms with Crippen molar-refractivity contribution in [1.29, 1.82) is 0 Å². The van der Waals surface area contributed by atoms with Crippen molar-refractivity contribution >= 4 is 9.84 Å². The Bertz CT molecular complexity index is 581. The smallest absolute Gasteiger partial charge is 0.153 e. The molecule has 2 atom stereocenters. The number of ether oxygens (including phenoxy) is 1. The SMILES string of the molecule is CC1COc2ccccc2C1NCC(C)(C)S(C)(=O)=O. The molecule has 2 unspecified atom stereocenters. The summed E-state index contributed by atoms with van der Waals surface area (Å²) in [6.45, 7) is 6.70. The van der Waals surface area contributed by atoms with Gasteiger partial charge in [-0.05, 0) is 19.9 Å². The van der Waals surface area contributed by atoms with Gasteiger partial charge in [-0.25, -0.2) is 8.42 Å².